The van der Waals surface area contributed by atoms with E-state index in [1.165, 1.54) is 21.9 Å². The van der Waals surface area contributed by atoms with Gasteiger partial charge in [-0.05, 0) is 72.2 Å². The monoisotopic (exact) mass is 628 g/mol. The maximum Gasteiger partial charge on any atom is 0.417 e. The number of anilines is 1. The number of hydrogen-bond donors (Lipinski definition) is 0. The number of halogens is 4. The van der Waals surface area contributed by atoms with Gasteiger partial charge in [-0.25, -0.2) is 9.59 Å². The first kappa shape index (κ1) is 27.0. The van der Waals surface area contributed by atoms with Crippen LogP contribution in [0.1, 0.15) is 37.3 Å². The smallest absolute Gasteiger partial charge is 0.417 e. The lowest BCUT2D eigenvalue weighted by molar-refractivity contribution is -0.136. The fraction of sp³-hybridized carbons (Fsp3) is 0.346. The molecule has 0 N–H and O–H groups in total. The molecule has 0 atom stereocenters. The van der Waals surface area contributed by atoms with Gasteiger partial charge in [-0.15, -0.1) is 0 Å². The van der Waals surface area contributed by atoms with Crippen molar-refractivity contribution in [2.45, 2.75) is 38.8 Å². The van der Waals surface area contributed by atoms with E-state index >= 15 is 0 Å². The van der Waals surface area contributed by atoms with Crippen LogP contribution in [-0.4, -0.2) is 36.5 Å². The highest BCUT2D eigenvalue weighted by molar-refractivity contribution is 14.1. The van der Waals surface area contributed by atoms with Crippen LogP contribution < -0.4 is 15.3 Å². The van der Waals surface area contributed by atoms with Gasteiger partial charge in [0.05, 0.1) is 12.2 Å². The number of benzene rings is 2. The fourth-order valence-corrected chi connectivity index (χ4v) is 4.81. The first-order valence-electron chi connectivity index (χ1n) is 11.8. The molecular formula is C26H24F3IN2O5. The van der Waals surface area contributed by atoms with Crippen LogP contribution in [-0.2, 0) is 17.4 Å². The zero-order valence-electron chi connectivity index (χ0n) is 19.9. The molecule has 7 nitrogen and oxygen atoms in total. The summed E-state index contributed by atoms with van der Waals surface area (Å²) in [4.78, 5) is 39.7. The average Bonchev–Trinajstić information content (AvgIpc) is 3.12. The minimum Gasteiger partial charge on any atom is -0.493 e. The van der Waals surface area contributed by atoms with Crippen LogP contribution in [0.5, 0.6) is 5.75 Å². The highest BCUT2D eigenvalue weighted by Crippen LogP contribution is 2.37. The molecular weight excluding hydrogens is 604 g/mol. The molecule has 0 aliphatic carbocycles. The van der Waals surface area contributed by atoms with E-state index in [9.17, 15) is 27.6 Å². The van der Waals surface area contributed by atoms with Crippen molar-refractivity contribution in [3.05, 3.63) is 67.6 Å². The van der Waals surface area contributed by atoms with Gasteiger partial charge >= 0.3 is 17.8 Å². The summed E-state index contributed by atoms with van der Waals surface area (Å²) >= 11 is 2.14. The van der Waals surface area contributed by atoms with Crippen LogP contribution in [0, 0.1) is 3.57 Å². The Balaban J connectivity index is 1.41. The minimum atomic E-state index is -4.70. The number of carbonyl (C=O) groups excluding carboxylic acids is 2. The number of hydrogen-bond acceptors (Lipinski definition) is 5. The Morgan fingerprint density at radius 3 is 2.57 bits per heavy atom. The number of aryl methyl sites for hydroxylation is 1. The van der Waals surface area contributed by atoms with Crippen LogP contribution in [0.2, 0.25) is 0 Å². The Hall–Kier alpha value is -3.09. The normalized spacial score (nSPS) is 14.2. The summed E-state index contributed by atoms with van der Waals surface area (Å²) in [5.41, 5.74) is -1.17. The topological polar surface area (TPSA) is 80.1 Å². The standard InChI is InChI=1S/C26H24F3IN2O5/c1-2-6-19-21(10-9-18-20(26(27,28)29)14-23(34)37-24(18)19)36-12-4-3-11-31-22(33)15-32(25(31)35)17-8-5-7-16(30)13-17/h5,7-10,13-14H,2-4,6,11-12,15H2,1H3. The molecule has 1 fully saturated rings. The van der Waals surface area contributed by atoms with Crippen molar-refractivity contribution in [1.29, 1.82) is 0 Å². The molecule has 0 saturated carbocycles. The van der Waals surface area contributed by atoms with Gasteiger partial charge in [0, 0.05) is 32.8 Å². The van der Waals surface area contributed by atoms with E-state index < -0.39 is 17.4 Å². The molecule has 0 radical (unpaired) electrons. The zero-order valence-corrected chi connectivity index (χ0v) is 22.1. The minimum absolute atomic E-state index is 0.0159. The Morgan fingerprint density at radius 2 is 1.86 bits per heavy atom. The first-order chi connectivity index (χ1) is 17.6. The highest BCUT2D eigenvalue weighted by Gasteiger charge is 2.36. The van der Waals surface area contributed by atoms with E-state index in [2.05, 4.69) is 22.6 Å². The van der Waals surface area contributed by atoms with Crippen molar-refractivity contribution >= 4 is 51.2 Å². The number of urea groups is 1. The van der Waals surface area contributed by atoms with Gasteiger partial charge in [-0.3, -0.25) is 14.6 Å². The first-order valence-corrected chi connectivity index (χ1v) is 12.8. The van der Waals surface area contributed by atoms with Gasteiger partial charge in [0.1, 0.15) is 17.9 Å². The van der Waals surface area contributed by atoms with Crippen molar-refractivity contribution in [2.24, 2.45) is 0 Å². The number of carbonyl (C=O) groups is 2. The van der Waals surface area contributed by atoms with Gasteiger partial charge in [0.25, 0.3) is 5.91 Å². The van der Waals surface area contributed by atoms with E-state index in [0.717, 1.165) is 3.57 Å². The van der Waals surface area contributed by atoms with E-state index in [1.54, 1.807) is 6.07 Å². The van der Waals surface area contributed by atoms with E-state index in [1.807, 2.05) is 25.1 Å². The number of rotatable bonds is 9. The predicted molar refractivity (Wildman–Crippen MR) is 140 cm³/mol. The Bertz CT molecular complexity index is 1390. The van der Waals surface area contributed by atoms with Gasteiger partial charge in [0.2, 0.25) is 0 Å². The highest BCUT2D eigenvalue weighted by atomic mass is 127. The molecule has 2 heterocycles. The van der Waals surface area contributed by atoms with Gasteiger partial charge < -0.3 is 9.15 Å². The van der Waals surface area contributed by atoms with E-state index in [0.29, 0.717) is 48.8 Å². The number of ether oxygens (including phenoxy) is 1. The second kappa shape index (κ2) is 11.1. The summed E-state index contributed by atoms with van der Waals surface area (Å²) in [6.07, 6.45) is -2.75. The molecule has 3 aromatic rings. The Labute approximate surface area is 224 Å². The third-order valence-electron chi connectivity index (χ3n) is 5.99. The predicted octanol–water partition coefficient (Wildman–Crippen LogP) is 6.00. The fourth-order valence-electron chi connectivity index (χ4n) is 4.28. The average molecular weight is 628 g/mol. The second-order valence-electron chi connectivity index (χ2n) is 8.60. The molecule has 0 spiro atoms. The molecule has 4 rings (SSSR count). The number of amides is 3. The van der Waals surface area contributed by atoms with Crippen LogP contribution in [0.3, 0.4) is 0 Å². The molecule has 1 aromatic heterocycles. The lowest BCUT2D eigenvalue weighted by Gasteiger charge is -2.18. The van der Waals surface area contributed by atoms with Gasteiger partial charge in [-0.2, -0.15) is 13.2 Å². The summed E-state index contributed by atoms with van der Waals surface area (Å²) in [6.45, 7) is 2.28. The second-order valence-corrected chi connectivity index (χ2v) is 9.84. The maximum atomic E-state index is 13.5. The Morgan fingerprint density at radius 1 is 1.08 bits per heavy atom. The van der Waals surface area contributed by atoms with Crippen LogP contribution >= 0.6 is 22.6 Å². The molecule has 11 heteroatoms. The number of fused-ring (bicyclic) bond motifs is 1. The number of unbranched alkanes of at least 4 members (excludes halogenated alkanes) is 1. The van der Waals surface area contributed by atoms with Crippen molar-refractivity contribution in [1.82, 2.24) is 4.90 Å². The van der Waals surface area contributed by atoms with E-state index in [-0.39, 0.29) is 42.6 Å². The van der Waals surface area contributed by atoms with Crippen molar-refractivity contribution in [3.8, 4) is 5.75 Å². The maximum absolute atomic E-state index is 13.5. The molecule has 3 amide bonds. The van der Waals surface area contributed by atoms with E-state index in [4.69, 9.17) is 9.15 Å². The SMILES string of the molecule is CCCc1c(OCCCCN2C(=O)CN(c3cccc(I)c3)C2=O)ccc2c(C(F)(F)F)cc(=O)oc12. The lowest BCUT2D eigenvalue weighted by atomic mass is 10.0. The lowest BCUT2D eigenvalue weighted by Crippen LogP contribution is -2.34. The molecule has 1 saturated heterocycles. The zero-order chi connectivity index (χ0) is 26.7. The summed E-state index contributed by atoms with van der Waals surface area (Å²) in [5.74, 6) is 0.0649. The third kappa shape index (κ3) is 5.91. The van der Waals surface area contributed by atoms with Crippen molar-refractivity contribution < 1.29 is 31.9 Å². The number of nitrogens with zero attached hydrogens (tertiary/aromatic N) is 2. The number of alkyl halides is 3. The molecule has 1 aliphatic heterocycles. The third-order valence-corrected chi connectivity index (χ3v) is 6.66. The van der Waals surface area contributed by atoms with Crippen LogP contribution in [0.25, 0.3) is 11.0 Å². The quantitative estimate of drug-likeness (QED) is 0.126. The summed E-state index contributed by atoms with van der Waals surface area (Å²) in [6, 6.07) is 10.1. The Kier molecular flexibility index (Phi) is 8.10. The molecule has 0 bridgehead atoms. The molecule has 37 heavy (non-hydrogen) atoms. The molecule has 0 unspecified atom stereocenters. The van der Waals surface area contributed by atoms with Crippen molar-refractivity contribution in [2.75, 3.05) is 24.6 Å². The molecule has 196 valence electrons. The largest absolute Gasteiger partial charge is 0.493 e. The van der Waals surface area contributed by atoms with Crippen molar-refractivity contribution in [3.63, 3.8) is 0 Å². The summed E-state index contributed by atoms with van der Waals surface area (Å²) in [7, 11) is 0. The van der Waals surface area contributed by atoms with Crippen LogP contribution in [0.15, 0.2) is 51.7 Å². The number of imide groups is 1. The summed E-state index contributed by atoms with van der Waals surface area (Å²) < 4.78 is 52.3. The molecule has 2 aromatic carbocycles. The van der Waals surface area contributed by atoms with Gasteiger partial charge in [-0.1, -0.05) is 19.4 Å². The molecule has 1 aliphatic rings. The van der Waals surface area contributed by atoms with Crippen LogP contribution in [0.4, 0.5) is 23.7 Å². The van der Waals surface area contributed by atoms with Gasteiger partial charge in [0.15, 0.2) is 0 Å². The summed E-state index contributed by atoms with van der Waals surface area (Å²) in [5, 5.41) is -0.188.